The Morgan fingerprint density at radius 1 is 1.13 bits per heavy atom. The SMILES string of the molecule is COCOc1c(OC)c(C)cc2c1[C@@H]1C3[C@@H]4SC[C@H](NC(=O)OC(C)(C)C)C(=O)OC[C@H](C5=C6OCOC6=C(C)C(OC(C)=O)C54)N3[C@@H](C#N)[C@H](C2)N1C. The zero-order valence-electron chi connectivity index (χ0n) is 32.0. The maximum atomic E-state index is 13.8. The number of thioether (sulfide) groups is 1. The van der Waals surface area contributed by atoms with Gasteiger partial charge in [-0.3, -0.25) is 14.6 Å². The number of benzene rings is 1. The number of nitriles is 1. The second kappa shape index (κ2) is 14.5. The van der Waals surface area contributed by atoms with Crippen molar-refractivity contribution in [2.45, 2.75) is 101 Å². The summed E-state index contributed by atoms with van der Waals surface area (Å²) in [6, 6.07) is 1.24. The summed E-state index contributed by atoms with van der Waals surface area (Å²) in [6.07, 6.45) is -0.976. The highest BCUT2D eigenvalue weighted by Crippen LogP contribution is 2.59. The Bertz CT molecular complexity index is 1840. The lowest BCUT2D eigenvalue weighted by Crippen LogP contribution is -2.75. The van der Waals surface area contributed by atoms with Crippen LogP contribution in [-0.2, 0) is 44.4 Å². The number of rotatable bonds is 6. The molecule has 9 atom stereocenters. The first-order valence-electron chi connectivity index (χ1n) is 18.1. The minimum atomic E-state index is -1.06. The zero-order valence-corrected chi connectivity index (χ0v) is 32.9. The van der Waals surface area contributed by atoms with Crippen LogP contribution < -0.4 is 14.8 Å². The minimum Gasteiger partial charge on any atom is -0.493 e. The Balaban J connectivity index is 1.46. The van der Waals surface area contributed by atoms with Gasteiger partial charge in [0.25, 0.3) is 0 Å². The molecule has 15 nitrogen and oxygen atoms in total. The number of alkyl carbamates (subject to hydrolysis) is 1. The third kappa shape index (κ3) is 6.32. The molecule has 0 radical (unpaired) electrons. The van der Waals surface area contributed by atoms with E-state index < -0.39 is 65.1 Å². The molecule has 4 saturated heterocycles. The molecule has 5 heterocycles. The zero-order chi connectivity index (χ0) is 38.8. The van der Waals surface area contributed by atoms with Crippen LogP contribution in [0.1, 0.15) is 57.4 Å². The molecule has 3 unspecified atom stereocenters. The van der Waals surface area contributed by atoms with Crippen LogP contribution >= 0.6 is 11.8 Å². The number of fused-ring (bicyclic) bond motifs is 8. The van der Waals surface area contributed by atoms with Crippen molar-refractivity contribution in [3.63, 3.8) is 0 Å². The first-order valence-corrected chi connectivity index (χ1v) is 19.1. The molecule has 1 aromatic rings. The van der Waals surface area contributed by atoms with Gasteiger partial charge in [0.05, 0.1) is 25.3 Å². The number of likely N-dealkylation sites (N-methyl/N-ethyl adjacent to an activating group) is 1. The highest BCUT2D eigenvalue weighted by molar-refractivity contribution is 8.00. The van der Waals surface area contributed by atoms with Gasteiger partial charge in [0.1, 0.15) is 30.4 Å². The van der Waals surface area contributed by atoms with Gasteiger partial charge in [-0.2, -0.15) is 17.0 Å². The van der Waals surface area contributed by atoms with Crippen LogP contribution in [0.3, 0.4) is 0 Å². The van der Waals surface area contributed by atoms with Crippen molar-refractivity contribution in [3.8, 4) is 17.6 Å². The highest BCUT2D eigenvalue weighted by atomic mass is 32.2. The number of cyclic esters (lactones) is 1. The third-order valence-electron chi connectivity index (χ3n) is 11.1. The Morgan fingerprint density at radius 2 is 1.87 bits per heavy atom. The summed E-state index contributed by atoms with van der Waals surface area (Å²) in [5, 5.41) is 13.4. The number of amides is 1. The molecule has 6 aliphatic rings. The van der Waals surface area contributed by atoms with Gasteiger partial charge in [0.2, 0.25) is 6.79 Å². The molecular weight excluding hydrogens is 721 g/mol. The Labute approximate surface area is 319 Å². The van der Waals surface area contributed by atoms with Gasteiger partial charge in [-0.25, -0.2) is 9.59 Å². The number of ether oxygens (including phenoxy) is 8. The molecule has 7 rings (SSSR count). The van der Waals surface area contributed by atoms with Crippen LogP contribution in [0.4, 0.5) is 4.79 Å². The van der Waals surface area contributed by atoms with Crippen LogP contribution in [0.5, 0.6) is 11.5 Å². The molecule has 5 aliphatic heterocycles. The molecular formula is C38H48N4O11S. The van der Waals surface area contributed by atoms with E-state index in [2.05, 4.69) is 27.3 Å². The van der Waals surface area contributed by atoms with Crippen molar-refractivity contribution >= 4 is 29.8 Å². The minimum absolute atomic E-state index is 0.0202. The van der Waals surface area contributed by atoms with Crippen molar-refractivity contribution < 1.29 is 52.3 Å². The highest BCUT2D eigenvalue weighted by Gasteiger charge is 2.64. The molecule has 292 valence electrons. The van der Waals surface area contributed by atoms with Crippen LogP contribution in [-0.4, -0.2) is 122 Å². The van der Waals surface area contributed by atoms with E-state index in [1.54, 1.807) is 35.0 Å². The predicted octanol–water partition coefficient (Wildman–Crippen LogP) is 3.49. The van der Waals surface area contributed by atoms with Crippen molar-refractivity contribution in [3.05, 3.63) is 45.4 Å². The van der Waals surface area contributed by atoms with Crippen LogP contribution in [0.25, 0.3) is 0 Å². The third-order valence-corrected chi connectivity index (χ3v) is 12.6. The van der Waals surface area contributed by atoms with E-state index in [-0.39, 0.29) is 38.0 Å². The molecule has 1 amide bonds. The summed E-state index contributed by atoms with van der Waals surface area (Å²) in [7, 11) is 5.19. The second-order valence-electron chi connectivity index (χ2n) is 15.5. The number of aryl methyl sites for hydroxylation is 1. The number of carbonyl (C=O) groups is 3. The van der Waals surface area contributed by atoms with E-state index in [1.807, 2.05) is 20.9 Å². The number of nitrogens with one attached hydrogen (secondary N) is 1. The Hall–Kier alpha value is -4.17. The number of methoxy groups -OCH3 is 2. The lowest BCUT2D eigenvalue weighted by molar-refractivity contribution is -0.154. The number of piperidine rings is 1. The van der Waals surface area contributed by atoms with Crippen molar-refractivity contribution in [1.82, 2.24) is 15.1 Å². The van der Waals surface area contributed by atoms with E-state index >= 15 is 0 Å². The predicted molar refractivity (Wildman–Crippen MR) is 193 cm³/mol. The van der Waals surface area contributed by atoms with E-state index in [0.29, 0.717) is 35.0 Å². The summed E-state index contributed by atoms with van der Waals surface area (Å²) in [5.41, 5.74) is 3.48. The lowest BCUT2D eigenvalue weighted by Gasteiger charge is -2.64. The fourth-order valence-electron chi connectivity index (χ4n) is 9.24. The molecule has 0 saturated carbocycles. The van der Waals surface area contributed by atoms with E-state index in [0.717, 1.165) is 22.3 Å². The summed E-state index contributed by atoms with van der Waals surface area (Å²) in [4.78, 5) is 44.2. The van der Waals surface area contributed by atoms with E-state index in [4.69, 9.17) is 37.9 Å². The van der Waals surface area contributed by atoms with Gasteiger partial charge in [0, 0.05) is 59.7 Å². The molecule has 4 bridgehead atoms. The van der Waals surface area contributed by atoms with Crippen LogP contribution in [0.15, 0.2) is 28.7 Å². The Morgan fingerprint density at radius 3 is 2.54 bits per heavy atom. The standard InChI is InChI=1S/C38H48N4O11S/c1-17-10-20-11-22-23(12-39)42-24-13-48-36(44)21(40-37(45)53-38(4,5)6)14-54-35(27-26(24)34-32(50-16-51-34)18(2)31(27)52-19(3)43)29(42)28(41(22)7)25(20)33(30(17)47-9)49-15-46-8/h10,21-24,27-29,31,35H,11,13-16H2,1-9H3,(H,40,45)/t21-,22-,23-,24+,27?,28+,29?,31?,35+/m0/s1. The average molecular weight is 769 g/mol. The maximum Gasteiger partial charge on any atom is 0.408 e. The normalized spacial score (nSPS) is 31.7. The fourth-order valence-corrected chi connectivity index (χ4v) is 10.9. The van der Waals surface area contributed by atoms with E-state index in [9.17, 15) is 19.6 Å². The summed E-state index contributed by atoms with van der Waals surface area (Å²) >= 11 is 1.45. The molecule has 1 N–H and O–H groups in total. The van der Waals surface area contributed by atoms with Gasteiger partial charge >= 0.3 is 18.0 Å². The van der Waals surface area contributed by atoms with E-state index in [1.165, 1.54) is 18.7 Å². The molecule has 1 aromatic carbocycles. The van der Waals surface area contributed by atoms with Gasteiger partial charge in [-0.1, -0.05) is 6.07 Å². The molecule has 0 spiro atoms. The molecule has 0 aromatic heterocycles. The number of hydrogen-bond acceptors (Lipinski definition) is 15. The summed E-state index contributed by atoms with van der Waals surface area (Å²) in [6.45, 7) is 10.2. The number of piperazine rings is 1. The van der Waals surface area contributed by atoms with Gasteiger partial charge in [-0.05, 0) is 59.2 Å². The van der Waals surface area contributed by atoms with Crippen LogP contribution in [0, 0.1) is 24.2 Å². The van der Waals surface area contributed by atoms with Crippen molar-refractivity contribution in [2.24, 2.45) is 5.92 Å². The Kier molecular flexibility index (Phi) is 10.2. The molecule has 1 aliphatic carbocycles. The molecule has 54 heavy (non-hydrogen) atoms. The lowest BCUT2D eigenvalue weighted by atomic mass is 9.66. The topological polar surface area (TPSA) is 167 Å². The number of carbonyl (C=O) groups excluding carboxylic acids is 3. The summed E-state index contributed by atoms with van der Waals surface area (Å²) < 4.78 is 47.8. The van der Waals surface area contributed by atoms with Crippen LogP contribution in [0.2, 0.25) is 0 Å². The first kappa shape index (κ1) is 38.1. The van der Waals surface area contributed by atoms with Gasteiger partial charge in [-0.15, -0.1) is 0 Å². The molecule has 4 fully saturated rings. The molecule has 16 heteroatoms. The van der Waals surface area contributed by atoms with Crippen molar-refractivity contribution in [2.75, 3.05) is 47.2 Å². The number of esters is 2. The fraction of sp³-hybridized carbons (Fsp3) is 0.632. The largest absolute Gasteiger partial charge is 0.493 e. The van der Waals surface area contributed by atoms with Gasteiger partial charge < -0.3 is 43.2 Å². The monoisotopic (exact) mass is 768 g/mol. The second-order valence-corrected chi connectivity index (χ2v) is 16.7. The van der Waals surface area contributed by atoms with Crippen molar-refractivity contribution in [1.29, 1.82) is 5.26 Å². The quantitative estimate of drug-likeness (QED) is 0.254. The van der Waals surface area contributed by atoms with Gasteiger partial charge in [0.15, 0.2) is 29.8 Å². The summed E-state index contributed by atoms with van der Waals surface area (Å²) in [5.74, 6) is 0.609. The number of nitrogens with zero attached hydrogens (tertiary/aromatic N) is 3. The first-order chi connectivity index (χ1) is 25.7. The maximum absolute atomic E-state index is 13.8. The smallest absolute Gasteiger partial charge is 0.408 e. The average Bonchev–Trinajstić information content (AvgIpc) is 3.59. The number of hydrogen-bond donors (Lipinski definition) is 1.